The minimum Gasteiger partial charge on any atom is -0.459 e. The van der Waals surface area contributed by atoms with Crippen LogP contribution in [0, 0.1) is 13.8 Å². The summed E-state index contributed by atoms with van der Waals surface area (Å²) in [4.78, 5) is 24.5. The van der Waals surface area contributed by atoms with Gasteiger partial charge in [-0.1, -0.05) is 30.3 Å². The standard InChI is InChI=1S/C24H23N5O3/c1-16-22(17(2)29(28-16)20-7-4-3-5-8-20)27-24(31)25-15-18-10-12-19(13-11-18)26-23(30)21-9-6-14-32-21/h3-14H,15H2,1-2H3,(H,26,30)(H2,25,27,31). The highest BCUT2D eigenvalue weighted by Gasteiger charge is 2.15. The third-order valence-corrected chi connectivity index (χ3v) is 4.94. The summed E-state index contributed by atoms with van der Waals surface area (Å²) < 4.78 is 6.88. The number of nitrogens with zero attached hydrogens (tertiary/aromatic N) is 2. The highest BCUT2D eigenvalue weighted by atomic mass is 16.3. The number of hydrogen-bond donors (Lipinski definition) is 3. The molecule has 0 aliphatic carbocycles. The Kier molecular flexibility index (Phi) is 6.03. The van der Waals surface area contributed by atoms with Gasteiger partial charge in [-0.15, -0.1) is 0 Å². The van der Waals surface area contributed by atoms with E-state index in [0.717, 1.165) is 22.6 Å². The maximum absolute atomic E-state index is 12.5. The van der Waals surface area contributed by atoms with Crippen LogP contribution in [0.5, 0.6) is 0 Å². The number of hydrogen-bond acceptors (Lipinski definition) is 4. The van der Waals surface area contributed by atoms with Gasteiger partial charge in [-0.05, 0) is 55.8 Å². The average molecular weight is 429 g/mol. The van der Waals surface area contributed by atoms with Gasteiger partial charge in [-0.25, -0.2) is 9.48 Å². The molecule has 0 saturated carbocycles. The van der Waals surface area contributed by atoms with E-state index in [2.05, 4.69) is 21.0 Å². The molecule has 162 valence electrons. The quantitative estimate of drug-likeness (QED) is 0.415. The number of aryl methyl sites for hydroxylation is 1. The van der Waals surface area contributed by atoms with E-state index < -0.39 is 0 Å². The lowest BCUT2D eigenvalue weighted by Gasteiger charge is -2.09. The number of anilines is 2. The van der Waals surface area contributed by atoms with Crippen molar-refractivity contribution in [2.24, 2.45) is 0 Å². The molecule has 0 radical (unpaired) electrons. The van der Waals surface area contributed by atoms with Crippen molar-refractivity contribution in [2.45, 2.75) is 20.4 Å². The Morgan fingerprint density at radius 1 is 0.938 bits per heavy atom. The third-order valence-electron chi connectivity index (χ3n) is 4.94. The molecule has 0 aliphatic rings. The van der Waals surface area contributed by atoms with Gasteiger partial charge in [0.15, 0.2) is 5.76 Å². The Morgan fingerprint density at radius 2 is 1.69 bits per heavy atom. The summed E-state index contributed by atoms with van der Waals surface area (Å²) in [5, 5.41) is 13.0. The first-order valence-electron chi connectivity index (χ1n) is 10.1. The predicted molar refractivity (Wildman–Crippen MR) is 122 cm³/mol. The number of carbonyl (C=O) groups excluding carboxylic acids is 2. The summed E-state index contributed by atoms with van der Waals surface area (Å²) in [7, 11) is 0. The molecule has 0 fully saturated rings. The van der Waals surface area contributed by atoms with Gasteiger partial charge in [0.05, 0.1) is 29.0 Å². The Hall–Kier alpha value is -4.33. The lowest BCUT2D eigenvalue weighted by molar-refractivity contribution is 0.0996. The van der Waals surface area contributed by atoms with Gasteiger partial charge < -0.3 is 20.4 Å². The summed E-state index contributed by atoms with van der Waals surface area (Å²) in [5.41, 5.74) is 4.73. The van der Waals surface area contributed by atoms with E-state index in [4.69, 9.17) is 4.42 Å². The Morgan fingerprint density at radius 3 is 2.38 bits per heavy atom. The van der Waals surface area contributed by atoms with Crippen LogP contribution in [0.25, 0.3) is 5.69 Å². The molecule has 8 nitrogen and oxygen atoms in total. The molecule has 8 heteroatoms. The Balaban J connectivity index is 1.33. The monoisotopic (exact) mass is 429 g/mol. The smallest absolute Gasteiger partial charge is 0.319 e. The van der Waals surface area contributed by atoms with Gasteiger partial charge in [0, 0.05) is 12.2 Å². The van der Waals surface area contributed by atoms with Crippen LogP contribution < -0.4 is 16.0 Å². The second kappa shape index (κ2) is 9.22. The second-order valence-corrected chi connectivity index (χ2v) is 7.23. The number of furan rings is 1. The van der Waals surface area contributed by atoms with Crippen LogP contribution in [-0.4, -0.2) is 21.7 Å². The van der Waals surface area contributed by atoms with Crippen LogP contribution in [0.15, 0.2) is 77.4 Å². The van der Waals surface area contributed by atoms with Crippen LogP contribution in [-0.2, 0) is 6.54 Å². The zero-order chi connectivity index (χ0) is 22.5. The van der Waals surface area contributed by atoms with E-state index in [1.54, 1.807) is 28.9 Å². The lowest BCUT2D eigenvalue weighted by atomic mass is 10.2. The highest BCUT2D eigenvalue weighted by Crippen LogP contribution is 2.22. The van der Waals surface area contributed by atoms with Crippen LogP contribution in [0.1, 0.15) is 27.5 Å². The fraction of sp³-hybridized carbons (Fsp3) is 0.125. The summed E-state index contributed by atoms with van der Waals surface area (Å²) in [6.07, 6.45) is 1.45. The largest absolute Gasteiger partial charge is 0.459 e. The molecule has 0 spiro atoms. The molecule has 2 aromatic heterocycles. The van der Waals surface area contributed by atoms with E-state index in [-0.39, 0.29) is 17.7 Å². The number of amides is 3. The maximum atomic E-state index is 12.5. The SMILES string of the molecule is Cc1nn(-c2ccccc2)c(C)c1NC(=O)NCc1ccc(NC(=O)c2ccco2)cc1. The molecule has 0 bridgehead atoms. The van der Waals surface area contributed by atoms with Crippen molar-refractivity contribution < 1.29 is 14.0 Å². The molecule has 4 rings (SSSR count). The molecular weight excluding hydrogens is 406 g/mol. The average Bonchev–Trinajstić information content (AvgIpc) is 3.44. The highest BCUT2D eigenvalue weighted by molar-refractivity contribution is 6.02. The van der Waals surface area contributed by atoms with Crippen LogP contribution in [0.2, 0.25) is 0 Å². The fourth-order valence-corrected chi connectivity index (χ4v) is 3.29. The molecule has 4 aromatic rings. The Bertz CT molecular complexity index is 1210. The molecule has 0 atom stereocenters. The van der Waals surface area contributed by atoms with Crippen molar-refractivity contribution in [3.05, 3.63) is 95.7 Å². The van der Waals surface area contributed by atoms with Crippen molar-refractivity contribution in [1.29, 1.82) is 0 Å². The summed E-state index contributed by atoms with van der Waals surface area (Å²) in [6, 6.07) is 19.9. The molecule has 2 aromatic carbocycles. The lowest BCUT2D eigenvalue weighted by Crippen LogP contribution is -2.28. The van der Waals surface area contributed by atoms with Crippen LogP contribution in [0.3, 0.4) is 0 Å². The number of carbonyl (C=O) groups is 2. The molecule has 3 N–H and O–H groups in total. The van der Waals surface area contributed by atoms with E-state index in [1.165, 1.54) is 6.26 Å². The van der Waals surface area contributed by atoms with Crippen molar-refractivity contribution in [3.63, 3.8) is 0 Å². The van der Waals surface area contributed by atoms with Crippen molar-refractivity contribution in [3.8, 4) is 5.69 Å². The first-order valence-corrected chi connectivity index (χ1v) is 10.1. The molecule has 0 saturated heterocycles. The summed E-state index contributed by atoms with van der Waals surface area (Å²) in [5.74, 6) is -0.0735. The number of rotatable bonds is 6. The topological polar surface area (TPSA) is 101 Å². The van der Waals surface area contributed by atoms with Gasteiger partial charge in [-0.2, -0.15) is 5.10 Å². The molecule has 3 amide bonds. The van der Waals surface area contributed by atoms with Crippen molar-refractivity contribution in [1.82, 2.24) is 15.1 Å². The van der Waals surface area contributed by atoms with E-state index in [1.807, 2.05) is 56.3 Å². The van der Waals surface area contributed by atoms with Crippen LogP contribution in [0.4, 0.5) is 16.2 Å². The molecule has 2 heterocycles. The predicted octanol–water partition coefficient (Wildman–Crippen LogP) is 4.66. The summed E-state index contributed by atoms with van der Waals surface area (Å²) in [6.45, 7) is 4.11. The maximum Gasteiger partial charge on any atom is 0.319 e. The molecule has 0 unspecified atom stereocenters. The molecule has 32 heavy (non-hydrogen) atoms. The molecule has 0 aliphatic heterocycles. The normalized spacial score (nSPS) is 10.6. The first kappa shape index (κ1) is 20.9. The number of urea groups is 1. The van der Waals surface area contributed by atoms with Crippen molar-refractivity contribution in [2.75, 3.05) is 10.6 Å². The molecular formula is C24H23N5O3. The van der Waals surface area contributed by atoms with E-state index in [0.29, 0.717) is 17.9 Å². The van der Waals surface area contributed by atoms with Gasteiger partial charge in [0.2, 0.25) is 0 Å². The summed E-state index contributed by atoms with van der Waals surface area (Å²) >= 11 is 0. The zero-order valence-corrected chi connectivity index (χ0v) is 17.8. The number of benzene rings is 2. The van der Waals surface area contributed by atoms with Gasteiger partial charge in [-0.3, -0.25) is 4.79 Å². The zero-order valence-electron chi connectivity index (χ0n) is 17.8. The Labute approximate surface area is 185 Å². The fourth-order valence-electron chi connectivity index (χ4n) is 3.29. The van der Waals surface area contributed by atoms with E-state index in [9.17, 15) is 9.59 Å². The minimum atomic E-state index is -0.320. The number of aromatic nitrogens is 2. The van der Waals surface area contributed by atoms with Gasteiger partial charge in [0.25, 0.3) is 5.91 Å². The van der Waals surface area contributed by atoms with E-state index >= 15 is 0 Å². The van der Waals surface area contributed by atoms with Gasteiger partial charge >= 0.3 is 6.03 Å². The minimum absolute atomic E-state index is 0.244. The van der Waals surface area contributed by atoms with Crippen molar-refractivity contribution >= 4 is 23.3 Å². The number of nitrogens with one attached hydrogen (secondary N) is 3. The number of para-hydroxylation sites is 1. The first-order chi connectivity index (χ1) is 15.5. The second-order valence-electron chi connectivity index (χ2n) is 7.23. The van der Waals surface area contributed by atoms with Gasteiger partial charge in [0.1, 0.15) is 0 Å². The third kappa shape index (κ3) is 4.70. The van der Waals surface area contributed by atoms with Crippen LogP contribution >= 0.6 is 0 Å².